The maximum atomic E-state index is 12.1. The number of carbonyl (C=O) groups excluding carboxylic acids is 1. The van der Waals surface area contributed by atoms with Crippen molar-refractivity contribution < 1.29 is 9.53 Å². The zero-order chi connectivity index (χ0) is 16.2. The van der Waals surface area contributed by atoms with Crippen LogP contribution < -0.4 is 10.1 Å². The van der Waals surface area contributed by atoms with Crippen molar-refractivity contribution in [1.29, 1.82) is 0 Å². The van der Waals surface area contributed by atoms with Crippen molar-refractivity contribution in [2.75, 3.05) is 11.9 Å². The molecule has 0 unspecified atom stereocenters. The first-order chi connectivity index (χ1) is 11.1. The smallest absolute Gasteiger partial charge is 0.262 e. The van der Waals surface area contributed by atoms with Crippen LogP contribution in [-0.4, -0.2) is 12.5 Å². The van der Waals surface area contributed by atoms with E-state index in [1.807, 2.05) is 67.6 Å². The Bertz CT molecular complexity index is 856. The van der Waals surface area contributed by atoms with Crippen molar-refractivity contribution in [2.45, 2.75) is 6.92 Å². The molecule has 3 aromatic carbocycles. The molecule has 0 aliphatic rings. The molecule has 0 radical (unpaired) electrons. The van der Waals surface area contributed by atoms with Crippen LogP contribution >= 0.6 is 15.9 Å². The number of fused-ring (bicyclic) bond motifs is 1. The van der Waals surface area contributed by atoms with Crippen molar-refractivity contribution in [3.8, 4) is 5.75 Å². The number of halogens is 1. The predicted octanol–water partition coefficient (Wildman–Crippen LogP) is 4.93. The highest BCUT2D eigenvalue weighted by atomic mass is 79.9. The average molecular weight is 370 g/mol. The normalized spacial score (nSPS) is 10.5. The minimum absolute atomic E-state index is 0.0243. The fourth-order valence-corrected chi connectivity index (χ4v) is 2.89. The molecule has 3 nitrogen and oxygen atoms in total. The summed E-state index contributed by atoms with van der Waals surface area (Å²) in [6.45, 7) is 1.93. The third-order valence-electron chi connectivity index (χ3n) is 3.57. The molecular weight excluding hydrogens is 354 g/mol. The summed E-state index contributed by atoms with van der Waals surface area (Å²) in [5.74, 6) is 0.536. The van der Waals surface area contributed by atoms with E-state index < -0.39 is 0 Å². The van der Waals surface area contributed by atoms with E-state index in [-0.39, 0.29) is 12.5 Å². The lowest BCUT2D eigenvalue weighted by atomic mass is 10.1. The highest BCUT2D eigenvalue weighted by Gasteiger charge is 2.08. The second-order valence-corrected chi connectivity index (χ2v) is 6.19. The number of carbonyl (C=O) groups is 1. The van der Waals surface area contributed by atoms with Crippen molar-refractivity contribution in [2.24, 2.45) is 0 Å². The summed E-state index contributed by atoms with van der Waals surface area (Å²) in [5.41, 5.74) is 1.79. The Kier molecular flexibility index (Phi) is 4.63. The van der Waals surface area contributed by atoms with Gasteiger partial charge in [0.15, 0.2) is 6.61 Å². The number of aryl methyl sites for hydroxylation is 1. The molecule has 0 bridgehead atoms. The van der Waals surface area contributed by atoms with Crippen LogP contribution in [0.3, 0.4) is 0 Å². The summed E-state index contributed by atoms with van der Waals surface area (Å²) in [5, 5.41) is 4.97. The molecule has 0 heterocycles. The number of benzene rings is 3. The summed E-state index contributed by atoms with van der Waals surface area (Å²) >= 11 is 3.41. The molecular formula is C19H16BrNO2. The Balaban J connectivity index is 1.69. The topological polar surface area (TPSA) is 38.3 Å². The van der Waals surface area contributed by atoms with Crippen LogP contribution in [0, 0.1) is 6.92 Å². The molecule has 1 N–H and O–H groups in total. The Morgan fingerprint density at radius 1 is 1.09 bits per heavy atom. The van der Waals surface area contributed by atoms with Crippen LogP contribution in [0.15, 0.2) is 65.1 Å². The molecule has 0 aliphatic heterocycles. The summed E-state index contributed by atoms with van der Waals surface area (Å²) < 4.78 is 6.68. The molecule has 3 rings (SSSR count). The monoisotopic (exact) mass is 369 g/mol. The van der Waals surface area contributed by atoms with Gasteiger partial charge in [0, 0.05) is 15.5 Å². The van der Waals surface area contributed by atoms with E-state index in [1.165, 1.54) is 0 Å². The molecule has 116 valence electrons. The van der Waals surface area contributed by atoms with Crippen LogP contribution in [0.2, 0.25) is 0 Å². The SMILES string of the molecule is Cc1cc(Br)ccc1NC(=O)COc1cccc2ccccc12. The van der Waals surface area contributed by atoms with Crippen LogP contribution in [0.25, 0.3) is 10.8 Å². The van der Waals surface area contributed by atoms with Crippen LogP contribution in [0.4, 0.5) is 5.69 Å². The van der Waals surface area contributed by atoms with E-state index in [0.29, 0.717) is 5.75 Å². The lowest BCUT2D eigenvalue weighted by Gasteiger charge is -2.11. The van der Waals surface area contributed by atoms with Crippen LogP contribution in [0.1, 0.15) is 5.56 Å². The third kappa shape index (κ3) is 3.71. The van der Waals surface area contributed by atoms with Gasteiger partial charge in [0.1, 0.15) is 5.75 Å². The van der Waals surface area contributed by atoms with Crippen LogP contribution in [-0.2, 0) is 4.79 Å². The first kappa shape index (κ1) is 15.6. The Morgan fingerprint density at radius 3 is 2.70 bits per heavy atom. The van der Waals surface area contributed by atoms with Gasteiger partial charge >= 0.3 is 0 Å². The van der Waals surface area contributed by atoms with Gasteiger partial charge in [-0.15, -0.1) is 0 Å². The summed E-state index contributed by atoms with van der Waals surface area (Å²) in [7, 11) is 0. The first-order valence-electron chi connectivity index (χ1n) is 7.30. The van der Waals surface area contributed by atoms with Crippen molar-refractivity contribution in [3.63, 3.8) is 0 Å². The molecule has 4 heteroatoms. The summed E-state index contributed by atoms with van der Waals surface area (Å²) in [6, 6.07) is 19.5. The van der Waals surface area contributed by atoms with Gasteiger partial charge in [-0.1, -0.05) is 52.3 Å². The van der Waals surface area contributed by atoms with E-state index in [2.05, 4.69) is 21.2 Å². The van der Waals surface area contributed by atoms with Crippen molar-refractivity contribution >= 4 is 38.3 Å². The second kappa shape index (κ2) is 6.84. The van der Waals surface area contributed by atoms with E-state index in [1.54, 1.807) is 0 Å². The van der Waals surface area contributed by atoms with Gasteiger partial charge in [-0.25, -0.2) is 0 Å². The summed E-state index contributed by atoms with van der Waals surface area (Å²) in [6.07, 6.45) is 0. The Labute approximate surface area is 143 Å². The fraction of sp³-hybridized carbons (Fsp3) is 0.105. The predicted molar refractivity (Wildman–Crippen MR) is 97.0 cm³/mol. The second-order valence-electron chi connectivity index (χ2n) is 5.27. The molecule has 23 heavy (non-hydrogen) atoms. The number of rotatable bonds is 4. The molecule has 0 atom stereocenters. The Morgan fingerprint density at radius 2 is 1.87 bits per heavy atom. The highest BCUT2D eigenvalue weighted by molar-refractivity contribution is 9.10. The maximum Gasteiger partial charge on any atom is 0.262 e. The quantitative estimate of drug-likeness (QED) is 0.707. The van der Waals surface area contributed by atoms with Crippen LogP contribution in [0.5, 0.6) is 5.75 Å². The van der Waals surface area contributed by atoms with E-state index in [0.717, 1.165) is 26.5 Å². The molecule has 0 spiro atoms. The summed E-state index contributed by atoms with van der Waals surface area (Å²) in [4.78, 5) is 12.1. The van der Waals surface area contributed by atoms with Gasteiger partial charge in [0.2, 0.25) is 0 Å². The molecule has 0 aromatic heterocycles. The third-order valence-corrected chi connectivity index (χ3v) is 4.06. The molecule has 0 fully saturated rings. The first-order valence-corrected chi connectivity index (χ1v) is 8.09. The number of anilines is 1. The largest absolute Gasteiger partial charge is 0.483 e. The molecule has 0 saturated heterocycles. The number of nitrogens with one attached hydrogen (secondary N) is 1. The van der Waals surface area contributed by atoms with Gasteiger partial charge in [-0.2, -0.15) is 0 Å². The van der Waals surface area contributed by atoms with E-state index in [4.69, 9.17) is 4.74 Å². The van der Waals surface area contributed by atoms with E-state index in [9.17, 15) is 4.79 Å². The highest BCUT2D eigenvalue weighted by Crippen LogP contribution is 2.25. The zero-order valence-corrected chi connectivity index (χ0v) is 14.3. The Hall–Kier alpha value is -2.33. The van der Waals surface area contributed by atoms with Gasteiger partial charge in [-0.05, 0) is 42.1 Å². The maximum absolute atomic E-state index is 12.1. The number of hydrogen-bond acceptors (Lipinski definition) is 2. The standard InChI is InChI=1S/C19H16BrNO2/c1-13-11-15(20)9-10-17(13)21-19(22)12-23-18-8-4-6-14-5-2-3-7-16(14)18/h2-11H,12H2,1H3,(H,21,22). The zero-order valence-electron chi connectivity index (χ0n) is 12.7. The fourth-order valence-electron chi connectivity index (χ4n) is 2.42. The van der Waals surface area contributed by atoms with Crippen molar-refractivity contribution in [3.05, 3.63) is 70.7 Å². The average Bonchev–Trinajstić information content (AvgIpc) is 2.55. The number of hydrogen-bond donors (Lipinski definition) is 1. The molecule has 1 amide bonds. The molecule has 3 aromatic rings. The van der Waals surface area contributed by atoms with Gasteiger partial charge in [0.25, 0.3) is 5.91 Å². The number of amides is 1. The molecule has 0 saturated carbocycles. The minimum Gasteiger partial charge on any atom is -0.483 e. The number of ether oxygens (including phenoxy) is 1. The van der Waals surface area contributed by atoms with Gasteiger partial charge < -0.3 is 10.1 Å². The van der Waals surface area contributed by atoms with Gasteiger partial charge in [0.05, 0.1) is 0 Å². The molecule has 0 aliphatic carbocycles. The van der Waals surface area contributed by atoms with Gasteiger partial charge in [-0.3, -0.25) is 4.79 Å². The van der Waals surface area contributed by atoms with E-state index >= 15 is 0 Å². The lowest BCUT2D eigenvalue weighted by molar-refractivity contribution is -0.118. The van der Waals surface area contributed by atoms with Crippen molar-refractivity contribution in [1.82, 2.24) is 0 Å². The minimum atomic E-state index is -0.177. The lowest BCUT2D eigenvalue weighted by Crippen LogP contribution is -2.20.